The van der Waals surface area contributed by atoms with E-state index in [9.17, 15) is 9.90 Å². The molecule has 6 heteroatoms. The number of hydrogen-bond donors (Lipinski definition) is 1. The molecule has 1 aromatic rings. The molecule has 22 heavy (non-hydrogen) atoms. The van der Waals surface area contributed by atoms with Gasteiger partial charge < -0.3 is 9.52 Å². The van der Waals surface area contributed by atoms with Crippen LogP contribution in [0.5, 0.6) is 0 Å². The molecule has 3 fully saturated rings. The lowest BCUT2D eigenvalue weighted by Gasteiger charge is -2.39. The van der Waals surface area contributed by atoms with Crippen molar-refractivity contribution in [1.82, 2.24) is 15.1 Å². The maximum Gasteiger partial charge on any atom is 0.310 e. The first kappa shape index (κ1) is 14.2. The summed E-state index contributed by atoms with van der Waals surface area (Å²) in [5, 5.41) is 18.0. The molecule has 1 aromatic heterocycles. The summed E-state index contributed by atoms with van der Waals surface area (Å²) in [6, 6.07) is 0. The van der Waals surface area contributed by atoms with E-state index in [4.69, 9.17) is 4.42 Å². The van der Waals surface area contributed by atoms with Gasteiger partial charge in [0.25, 0.3) is 0 Å². The number of aromatic nitrogens is 2. The summed E-state index contributed by atoms with van der Waals surface area (Å²) in [6.45, 7) is 2.11. The van der Waals surface area contributed by atoms with Crippen LogP contribution in [0.3, 0.4) is 0 Å². The van der Waals surface area contributed by atoms with E-state index in [1.807, 2.05) is 0 Å². The number of carboxylic acids is 1. The molecule has 2 heterocycles. The van der Waals surface area contributed by atoms with Crippen LogP contribution in [0.25, 0.3) is 0 Å². The van der Waals surface area contributed by atoms with Crippen molar-refractivity contribution in [2.45, 2.75) is 57.4 Å². The molecule has 1 aliphatic heterocycles. The summed E-state index contributed by atoms with van der Waals surface area (Å²) in [5.74, 6) is 1.86. The van der Waals surface area contributed by atoms with Gasteiger partial charge in [0, 0.05) is 12.5 Å². The Morgan fingerprint density at radius 1 is 1.32 bits per heavy atom. The zero-order valence-corrected chi connectivity index (χ0v) is 12.8. The minimum Gasteiger partial charge on any atom is -0.481 e. The Bertz CT molecular complexity index is 565. The summed E-state index contributed by atoms with van der Waals surface area (Å²) in [7, 11) is 0. The van der Waals surface area contributed by atoms with Crippen molar-refractivity contribution in [2.24, 2.45) is 11.3 Å². The smallest absolute Gasteiger partial charge is 0.310 e. The minimum atomic E-state index is -0.631. The van der Waals surface area contributed by atoms with Gasteiger partial charge >= 0.3 is 5.97 Å². The van der Waals surface area contributed by atoms with Crippen molar-refractivity contribution in [3.05, 3.63) is 11.8 Å². The summed E-state index contributed by atoms with van der Waals surface area (Å²) >= 11 is 0. The van der Waals surface area contributed by atoms with E-state index in [1.165, 1.54) is 12.8 Å². The van der Waals surface area contributed by atoms with Crippen LogP contribution in [0.1, 0.15) is 62.6 Å². The Morgan fingerprint density at radius 3 is 2.82 bits per heavy atom. The maximum absolute atomic E-state index is 11.9. The maximum atomic E-state index is 11.9. The average Bonchev–Trinajstić information content (AvgIpc) is 3.41. The van der Waals surface area contributed by atoms with Gasteiger partial charge in [-0.3, -0.25) is 9.69 Å². The third-order valence-corrected chi connectivity index (χ3v) is 5.25. The number of hydrogen-bond acceptors (Lipinski definition) is 5. The first-order valence-electron chi connectivity index (χ1n) is 8.43. The SMILES string of the molecule is O=C(O)C1(CC2CC2)CCCN(Cc2nnc(C3CC3)o2)C1. The van der Waals surface area contributed by atoms with Crippen LogP contribution in [0.4, 0.5) is 0 Å². The molecule has 2 saturated carbocycles. The van der Waals surface area contributed by atoms with Gasteiger partial charge in [-0.1, -0.05) is 12.8 Å². The van der Waals surface area contributed by atoms with Gasteiger partial charge in [0.1, 0.15) is 0 Å². The fourth-order valence-corrected chi connectivity index (χ4v) is 3.68. The number of likely N-dealkylation sites (tertiary alicyclic amines) is 1. The molecule has 0 radical (unpaired) electrons. The molecule has 1 saturated heterocycles. The fourth-order valence-electron chi connectivity index (χ4n) is 3.68. The summed E-state index contributed by atoms with van der Waals surface area (Å²) in [6.07, 6.45) is 7.25. The number of carbonyl (C=O) groups is 1. The molecule has 0 amide bonds. The van der Waals surface area contributed by atoms with E-state index in [-0.39, 0.29) is 0 Å². The van der Waals surface area contributed by atoms with Crippen LogP contribution in [-0.2, 0) is 11.3 Å². The number of nitrogens with zero attached hydrogens (tertiary/aromatic N) is 3. The number of piperidine rings is 1. The van der Waals surface area contributed by atoms with Gasteiger partial charge in [0.05, 0.1) is 12.0 Å². The van der Waals surface area contributed by atoms with Crippen molar-refractivity contribution < 1.29 is 14.3 Å². The molecular formula is C16H23N3O3. The van der Waals surface area contributed by atoms with Gasteiger partial charge in [0.2, 0.25) is 11.8 Å². The highest BCUT2D eigenvalue weighted by Crippen LogP contribution is 2.45. The topological polar surface area (TPSA) is 79.5 Å². The Kier molecular flexibility index (Phi) is 3.44. The lowest BCUT2D eigenvalue weighted by molar-refractivity contribution is -0.153. The molecule has 4 rings (SSSR count). The fraction of sp³-hybridized carbons (Fsp3) is 0.812. The average molecular weight is 305 g/mol. The first-order chi connectivity index (χ1) is 10.6. The molecule has 0 spiro atoms. The van der Waals surface area contributed by atoms with Crippen LogP contribution in [0.15, 0.2) is 4.42 Å². The van der Waals surface area contributed by atoms with E-state index in [1.54, 1.807) is 0 Å². The molecule has 2 aliphatic carbocycles. The van der Waals surface area contributed by atoms with Crippen LogP contribution >= 0.6 is 0 Å². The van der Waals surface area contributed by atoms with Crippen LogP contribution in [0.2, 0.25) is 0 Å². The molecule has 1 atom stereocenters. The second-order valence-corrected chi connectivity index (χ2v) is 7.36. The van der Waals surface area contributed by atoms with Crippen LogP contribution in [-0.4, -0.2) is 39.3 Å². The molecule has 1 N–H and O–H groups in total. The minimum absolute atomic E-state index is 0.468. The Morgan fingerprint density at radius 2 is 2.14 bits per heavy atom. The molecule has 3 aliphatic rings. The van der Waals surface area contributed by atoms with E-state index in [0.717, 1.165) is 44.5 Å². The van der Waals surface area contributed by atoms with Crippen LogP contribution < -0.4 is 0 Å². The second kappa shape index (κ2) is 5.33. The largest absolute Gasteiger partial charge is 0.481 e. The normalized spacial score (nSPS) is 29.6. The Hall–Kier alpha value is -1.43. The molecule has 1 unspecified atom stereocenters. The highest BCUT2D eigenvalue weighted by Gasteiger charge is 2.46. The molecule has 6 nitrogen and oxygen atoms in total. The summed E-state index contributed by atoms with van der Waals surface area (Å²) < 4.78 is 5.72. The molecule has 0 bridgehead atoms. The molecule has 120 valence electrons. The second-order valence-electron chi connectivity index (χ2n) is 7.36. The predicted octanol–water partition coefficient (Wildman–Crippen LogP) is 2.41. The van der Waals surface area contributed by atoms with E-state index < -0.39 is 11.4 Å². The zero-order chi connectivity index (χ0) is 15.2. The van der Waals surface area contributed by atoms with Crippen molar-refractivity contribution >= 4 is 5.97 Å². The van der Waals surface area contributed by atoms with Crippen molar-refractivity contribution in [3.63, 3.8) is 0 Å². The van der Waals surface area contributed by atoms with Crippen molar-refractivity contribution in [3.8, 4) is 0 Å². The molecular weight excluding hydrogens is 282 g/mol. The van der Waals surface area contributed by atoms with Crippen molar-refractivity contribution in [1.29, 1.82) is 0 Å². The monoisotopic (exact) mass is 305 g/mol. The van der Waals surface area contributed by atoms with E-state index in [2.05, 4.69) is 15.1 Å². The quantitative estimate of drug-likeness (QED) is 0.869. The first-order valence-corrected chi connectivity index (χ1v) is 8.43. The predicted molar refractivity (Wildman–Crippen MR) is 78.2 cm³/mol. The third-order valence-electron chi connectivity index (χ3n) is 5.25. The van der Waals surface area contributed by atoms with Crippen LogP contribution in [0, 0.1) is 11.3 Å². The number of rotatable bonds is 6. The zero-order valence-electron chi connectivity index (χ0n) is 12.8. The number of carboxylic acid groups (broad SMARTS) is 1. The summed E-state index contributed by atoms with van der Waals surface area (Å²) in [4.78, 5) is 14.0. The molecule has 0 aromatic carbocycles. The lowest BCUT2D eigenvalue weighted by Crippen LogP contribution is -2.47. The Balaban J connectivity index is 1.43. The third kappa shape index (κ3) is 2.89. The van der Waals surface area contributed by atoms with E-state index in [0.29, 0.717) is 30.8 Å². The van der Waals surface area contributed by atoms with Gasteiger partial charge in [-0.05, 0) is 44.6 Å². The standard InChI is InChI=1S/C16H23N3O3/c20-15(21)16(8-11-2-3-11)6-1-7-19(10-16)9-13-17-18-14(22-13)12-4-5-12/h11-12H,1-10H2,(H,20,21). The van der Waals surface area contributed by atoms with Gasteiger partial charge in [-0.15, -0.1) is 10.2 Å². The summed E-state index contributed by atoms with van der Waals surface area (Å²) in [5.41, 5.74) is -0.571. The lowest BCUT2D eigenvalue weighted by atomic mass is 9.75. The van der Waals surface area contributed by atoms with Crippen molar-refractivity contribution in [2.75, 3.05) is 13.1 Å². The van der Waals surface area contributed by atoms with Gasteiger partial charge in [-0.2, -0.15) is 0 Å². The number of aliphatic carboxylic acids is 1. The van der Waals surface area contributed by atoms with E-state index >= 15 is 0 Å². The highest BCUT2D eigenvalue weighted by atomic mass is 16.4. The Labute approximate surface area is 129 Å². The van der Waals surface area contributed by atoms with Gasteiger partial charge in [-0.25, -0.2) is 0 Å². The van der Waals surface area contributed by atoms with Gasteiger partial charge in [0.15, 0.2) is 0 Å². The highest BCUT2D eigenvalue weighted by molar-refractivity contribution is 5.75.